The fourth-order valence-corrected chi connectivity index (χ4v) is 3.83. The summed E-state index contributed by atoms with van der Waals surface area (Å²) in [4.78, 5) is 47.0. The standard InChI is InChI=1S/C24H27ClN6O5/c1-15(21(32)36-27)13-30-23(33)29(14-16-5-7-17(25)8-6-16)22(31(26)24(30)34)28-18-9-11-20(12-10-18)35-19-3-2-4-19/h5-12,15,19H,2-4,13-14,26-27H2,1H3/b28-22-/t15-/m0/s1. The Morgan fingerprint density at radius 1 is 1.08 bits per heavy atom. The van der Waals surface area contributed by atoms with Gasteiger partial charge in [0.25, 0.3) is 0 Å². The van der Waals surface area contributed by atoms with Crippen molar-refractivity contribution < 1.29 is 14.4 Å². The Hall–Kier alpha value is -3.83. The van der Waals surface area contributed by atoms with Gasteiger partial charge in [0.1, 0.15) is 5.75 Å². The van der Waals surface area contributed by atoms with Crippen LogP contribution < -0.4 is 33.5 Å². The van der Waals surface area contributed by atoms with Crippen molar-refractivity contribution in [2.24, 2.45) is 16.8 Å². The average Bonchev–Trinajstić information content (AvgIpc) is 2.86. The molecule has 3 aromatic rings. The molecule has 2 aromatic carbocycles. The molecule has 190 valence electrons. The molecule has 0 unspecified atom stereocenters. The zero-order valence-corrected chi connectivity index (χ0v) is 20.4. The molecule has 0 saturated heterocycles. The third kappa shape index (κ3) is 5.52. The van der Waals surface area contributed by atoms with E-state index in [1.807, 2.05) is 0 Å². The van der Waals surface area contributed by atoms with Crippen LogP contribution in [0.25, 0.3) is 0 Å². The summed E-state index contributed by atoms with van der Waals surface area (Å²) in [6.07, 6.45) is 3.47. The summed E-state index contributed by atoms with van der Waals surface area (Å²) in [5.74, 6) is 10.2. The Labute approximate surface area is 211 Å². The fraction of sp³-hybridized carbons (Fsp3) is 0.333. The van der Waals surface area contributed by atoms with E-state index in [2.05, 4.69) is 9.83 Å². The molecular formula is C24H27ClN6O5. The lowest BCUT2D eigenvalue weighted by molar-refractivity contribution is -0.149. The predicted octanol–water partition coefficient (Wildman–Crippen LogP) is 1.44. The number of hydrogen-bond donors (Lipinski definition) is 2. The number of ether oxygens (including phenoxy) is 1. The number of halogens is 1. The van der Waals surface area contributed by atoms with Gasteiger partial charge in [-0.1, -0.05) is 30.7 Å². The maximum atomic E-state index is 13.5. The van der Waals surface area contributed by atoms with Crippen LogP contribution in [0.5, 0.6) is 5.75 Å². The van der Waals surface area contributed by atoms with Crippen LogP contribution in [-0.2, 0) is 22.7 Å². The molecule has 0 radical (unpaired) electrons. The molecule has 1 aliphatic carbocycles. The summed E-state index contributed by atoms with van der Waals surface area (Å²) in [6.45, 7) is 1.25. The third-order valence-electron chi connectivity index (χ3n) is 6.01. The highest BCUT2D eigenvalue weighted by molar-refractivity contribution is 6.30. The molecule has 1 fully saturated rings. The van der Waals surface area contributed by atoms with Crippen molar-refractivity contribution >= 4 is 23.3 Å². The third-order valence-corrected chi connectivity index (χ3v) is 6.26. The second kappa shape index (κ2) is 10.8. The Balaban J connectivity index is 1.80. The molecule has 4 rings (SSSR count). The van der Waals surface area contributed by atoms with Gasteiger partial charge in [0, 0.05) is 11.6 Å². The molecule has 0 spiro atoms. The number of carbonyl (C=O) groups excluding carboxylic acids is 1. The van der Waals surface area contributed by atoms with Gasteiger partial charge in [-0.15, -0.1) is 0 Å². The molecule has 1 heterocycles. The summed E-state index contributed by atoms with van der Waals surface area (Å²) in [7, 11) is 0. The molecule has 11 nitrogen and oxygen atoms in total. The second-order valence-electron chi connectivity index (χ2n) is 8.67. The van der Waals surface area contributed by atoms with Gasteiger partial charge in [0.05, 0.1) is 24.3 Å². The van der Waals surface area contributed by atoms with E-state index in [1.165, 1.54) is 11.5 Å². The topological polar surface area (TPSA) is 149 Å². The summed E-state index contributed by atoms with van der Waals surface area (Å²) in [6, 6.07) is 13.9. The smallest absolute Gasteiger partial charge is 0.353 e. The van der Waals surface area contributed by atoms with Gasteiger partial charge in [-0.3, -0.25) is 9.36 Å². The first kappa shape index (κ1) is 25.3. The van der Waals surface area contributed by atoms with Crippen LogP contribution in [0.3, 0.4) is 0 Å². The van der Waals surface area contributed by atoms with Gasteiger partial charge in [0.2, 0.25) is 5.62 Å². The van der Waals surface area contributed by atoms with Gasteiger partial charge < -0.3 is 15.4 Å². The van der Waals surface area contributed by atoms with E-state index in [4.69, 9.17) is 28.1 Å². The van der Waals surface area contributed by atoms with Crippen molar-refractivity contribution in [1.29, 1.82) is 0 Å². The van der Waals surface area contributed by atoms with Crippen molar-refractivity contribution in [2.75, 3.05) is 5.84 Å². The van der Waals surface area contributed by atoms with Crippen LogP contribution in [-0.4, -0.2) is 25.9 Å². The highest BCUT2D eigenvalue weighted by Crippen LogP contribution is 2.26. The number of hydrogen-bond acceptors (Lipinski definition) is 8. The number of nitrogens with two attached hydrogens (primary N) is 2. The first-order valence-electron chi connectivity index (χ1n) is 11.4. The molecule has 0 aliphatic heterocycles. The molecule has 1 aliphatic rings. The van der Waals surface area contributed by atoms with Gasteiger partial charge in [-0.05, 0) is 61.2 Å². The van der Waals surface area contributed by atoms with Crippen LogP contribution in [0.1, 0.15) is 31.7 Å². The average molecular weight is 515 g/mol. The van der Waals surface area contributed by atoms with E-state index >= 15 is 0 Å². The molecule has 0 amide bonds. The first-order valence-corrected chi connectivity index (χ1v) is 11.8. The minimum absolute atomic E-state index is 0.0465. The zero-order valence-electron chi connectivity index (χ0n) is 19.7. The normalized spacial score (nSPS) is 14.8. The SMILES string of the molecule is C[C@@H](Cn1c(=O)n(N)/c(=N\c2ccc(OC3CCC3)cc2)n(Cc2ccc(Cl)cc2)c1=O)C(=O)ON. The lowest BCUT2D eigenvalue weighted by Crippen LogP contribution is -2.58. The maximum Gasteiger partial charge on any atom is 0.353 e. The Morgan fingerprint density at radius 3 is 2.33 bits per heavy atom. The van der Waals surface area contributed by atoms with Crippen LogP contribution >= 0.6 is 11.6 Å². The van der Waals surface area contributed by atoms with Crippen molar-refractivity contribution in [3.8, 4) is 5.75 Å². The number of benzene rings is 2. The van der Waals surface area contributed by atoms with E-state index in [0.29, 0.717) is 16.5 Å². The van der Waals surface area contributed by atoms with Gasteiger partial charge in [-0.2, -0.15) is 10.6 Å². The molecule has 1 aromatic heterocycles. The van der Waals surface area contributed by atoms with Crippen LogP contribution in [0, 0.1) is 5.92 Å². The van der Waals surface area contributed by atoms with E-state index in [-0.39, 0.29) is 24.8 Å². The van der Waals surface area contributed by atoms with Gasteiger partial charge in [-0.25, -0.2) is 19.1 Å². The summed E-state index contributed by atoms with van der Waals surface area (Å²) >= 11 is 5.99. The van der Waals surface area contributed by atoms with E-state index in [1.54, 1.807) is 48.5 Å². The van der Waals surface area contributed by atoms with Crippen molar-refractivity contribution in [1.82, 2.24) is 13.8 Å². The molecule has 12 heteroatoms. The Kier molecular flexibility index (Phi) is 7.61. The molecule has 1 atom stereocenters. The zero-order chi connectivity index (χ0) is 25.8. The number of nitrogens with zero attached hydrogens (tertiary/aromatic N) is 4. The van der Waals surface area contributed by atoms with Crippen LogP contribution in [0.2, 0.25) is 5.02 Å². The number of rotatable bonds is 8. The quantitative estimate of drug-likeness (QED) is 0.341. The molecule has 4 N–H and O–H groups in total. The van der Waals surface area contributed by atoms with Crippen molar-refractivity contribution in [3.05, 3.63) is 85.7 Å². The highest BCUT2D eigenvalue weighted by atomic mass is 35.5. The largest absolute Gasteiger partial charge is 0.490 e. The minimum Gasteiger partial charge on any atom is -0.490 e. The Bertz CT molecular complexity index is 1420. The first-order chi connectivity index (χ1) is 17.3. The molecule has 1 saturated carbocycles. The second-order valence-corrected chi connectivity index (χ2v) is 9.11. The highest BCUT2D eigenvalue weighted by Gasteiger charge is 2.21. The van der Waals surface area contributed by atoms with E-state index in [9.17, 15) is 14.4 Å². The minimum atomic E-state index is -0.865. The molecular weight excluding hydrogens is 488 g/mol. The molecule has 0 bridgehead atoms. The Morgan fingerprint density at radius 2 is 1.75 bits per heavy atom. The molecule has 36 heavy (non-hydrogen) atoms. The number of nitrogen functional groups attached to an aromatic ring is 1. The summed E-state index contributed by atoms with van der Waals surface area (Å²) in [5, 5.41) is 0.535. The summed E-state index contributed by atoms with van der Waals surface area (Å²) in [5.41, 5.74) is -0.416. The van der Waals surface area contributed by atoms with Gasteiger partial charge >= 0.3 is 17.3 Å². The van der Waals surface area contributed by atoms with Crippen molar-refractivity contribution in [3.63, 3.8) is 0 Å². The van der Waals surface area contributed by atoms with E-state index in [0.717, 1.165) is 34.1 Å². The summed E-state index contributed by atoms with van der Waals surface area (Å²) < 4.78 is 8.76. The van der Waals surface area contributed by atoms with E-state index < -0.39 is 23.3 Å². The fourth-order valence-electron chi connectivity index (χ4n) is 3.70. The monoisotopic (exact) mass is 514 g/mol. The van der Waals surface area contributed by atoms with Crippen LogP contribution in [0.4, 0.5) is 5.69 Å². The van der Waals surface area contributed by atoms with Crippen LogP contribution in [0.15, 0.2) is 63.1 Å². The number of aromatic nitrogens is 3. The number of carbonyl (C=O) groups is 1. The lowest BCUT2D eigenvalue weighted by atomic mass is 9.96. The maximum absolute atomic E-state index is 13.5. The van der Waals surface area contributed by atoms with Gasteiger partial charge in [0.15, 0.2) is 0 Å². The predicted molar refractivity (Wildman–Crippen MR) is 133 cm³/mol. The lowest BCUT2D eigenvalue weighted by Gasteiger charge is -2.26. The van der Waals surface area contributed by atoms with Crippen molar-refractivity contribution in [2.45, 2.75) is 45.4 Å².